The number of unbranched alkanes of at least 4 members (excludes halogenated alkanes) is 1. The third-order valence-electron chi connectivity index (χ3n) is 6.90. The molecule has 1 aromatic heterocycles. The van der Waals surface area contributed by atoms with Gasteiger partial charge in [-0.15, -0.1) is 0 Å². The Morgan fingerprint density at radius 3 is 2.18 bits per heavy atom. The first kappa shape index (κ1) is 26.1. The number of hydrogen-bond donors (Lipinski definition) is 0. The van der Waals surface area contributed by atoms with Crippen LogP contribution in [0.5, 0.6) is 0 Å². The highest BCUT2D eigenvalue weighted by Gasteiger charge is 2.18. The van der Waals surface area contributed by atoms with Crippen molar-refractivity contribution in [1.29, 1.82) is 0 Å². The van der Waals surface area contributed by atoms with E-state index in [2.05, 4.69) is 19.1 Å². The SMILES string of the molecule is CCCCc1ccc(-c2cc(C(=O)OCC(=O)c3ccc(-c4ccccc4)cc3)c3cc(C)ccc3n2)cc1. The molecule has 5 rings (SSSR count). The third kappa shape index (κ3) is 6.12. The molecule has 39 heavy (non-hydrogen) atoms. The van der Waals surface area contributed by atoms with Crippen molar-refractivity contribution in [1.82, 2.24) is 4.98 Å². The Morgan fingerprint density at radius 1 is 0.769 bits per heavy atom. The summed E-state index contributed by atoms with van der Waals surface area (Å²) in [5, 5.41) is 0.711. The molecule has 5 aromatic rings. The standard InChI is InChI=1S/C35H31NO3/c1-3-4-8-25-12-14-28(15-13-25)33-22-31(30-21-24(2)11-20-32(30)36-33)35(38)39-23-34(37)29-18-16-27(17-19-29)26-9-6-5-7-10-26/h5-7,9-22H,3-4,8,23H2,1-2H3. The highest BCUT2D eigenvalue weighted by Crippen LogP contribution is 2.27. The maximum atomic E-state index is 13.3. The van der Waals surface area contributed by atoms with Crippen LogP contribution in [0.4, 0.5) is 0 Å². The number of pyridine rings is 1. The summed E-state index contributed by atoms with van der Waals surface area (Å²) < 4.78 is 5.55. The van der Waals surface area contributed by atoms with Crippen LogP contribution in [0.2, 0.25) is 0 Å². The second kappa shape index (κ2) is 11.9. The largest absolute Gasteiger partial charge is 0.454 e. The Labute approximate surface area is 229 Å². The van der Waals surface area contributed by atoms with Crippen LogP contribution in [0, 0.1) is 6.92 Å². The van der Waals surface area contributed by atoms with E-state index < -0.39 is 5.97 Å². The first-order valence-electron chi connectivity index (χ1n) is 13.4. The van der Waals surface area contributed by atoms with Crippen molar-refractivity contribution in [3.63, 3.8) is 0 Å². The predicted octanol–water partition coefficient (Wildman–Crippen LogP) is 8.26. The van der Waals surface area contributed by atoms with Gasteiger partial charge in [0, 0.05) is 16.5 Å². The quantitative estimate of drug-likeness (QED) is 0.147. The number of hydrogen-bond acceptors (Lipinski definition) is 4. The smallest absolute Gasteiger partial charge is 0.339 e. The zero-order chi connectivity index (χ0) is 27.2. The molecule has 0 bridgehead atoms. The second-order valence-corrected chi connectivity index (χ2v) is 9.82. The summed E-state index contributed by atoms with van der Waals surface area (Å²) in [7, 11) is 0. The first-order valence-corrected chi connectivity index (χ1v) is 13.4. The number of esters is 1. The zero-order valence-electron chi connectivity index (χ0n) is 22.3. The average molecular weight is 514 g/mol. The summed E-state index contributed by atoms with van der Waals surface area (Å²) in [5.41, 5.74) is 7.64. The first-order chi connectivity index (χ1) is 19.0. The van der Waals surface area contributed by atoms with Crippen LogP contribution in [0.15, 0.2) is 103 Å². The molecule has 0 aliphatic heterocycles. The highest BCUT2D eigenvalue weighted by molar-refractivity contribution is 6.06. The molecule has 0 atom stereocenters. The number of carbonyl (C=O) groups excluding carboxylic acids is 2. The lowest BCUT2D eigenvalue weighted by molar-refractivity contribution is 0.0476. The molecule has 0 saturated carbocycles. The van der Waals surface area contributed by atoms with Crippen LogP contribution >= 0.6 is 0 Å². The number of Topliss-reactive ketones (excluding diaryl/α,β-unsaturated/α-hetero) is 1. The van der Waals surface area contributed by atoms with E-state index in [-0.39, 0.29) is 12.4 Å². The number of rotatable bonds is 9. The molecule has 1 heterocycles. The second-order valence-electron chi connectivity index (χ2n) is 9.82. The Bertz CT molecular complexity index is 1600. The van der Waals surface area contributed by atoms with Gasteiger partial charge in [0.25, 0.3) is 0 Å². The average Bonchev–Trinajstić information content (AvgIpc) is 2.99. The van der Waals surface area contributed by atoms with E-state index in [1.807, 2.05) is 79.7 Å². The van der Waals surface area contributed by atoms with Crippen LogP contribution in [0.25, 0.3) is 33.3 Å². The number of fused-ring (bicyclic) bond motifs is 1. The highest BCUT2D eigenvalue weighted by atomic mass is 16.5. The maximum Gasteiger partial charge on any atom is 0.339 e. The summed E-state index contributed by atoms with van der Waals surface area (Å²) in [6, 6.07) is 33.2. The fourth-order valence-corrected chi connectivity index (χ4v) is 4.65. The molecule has 0 aliphatic rings. The molecule has 4 heteroatoms. The molecule has 0 aliphatic carbocycles. The van der Waals surface area contributed by atoms with E-state index in [0.717, 1.165) is 41.5 Å². The Kier molecular flexibility index (Phi) is 7.93. The number of aromatic nitrogens is 1. The lowest BCUT2D eigenvalue weighted by Crippen LogP contribution is -2.15. The molecule has 0 fully saturated rings. The van der Waals surface area contributed by atoms with Crippen molar-refractivity contribution in [2.45, 2.75) is 33.1 Å². The molecule has 0 amide bonds. The lowest BCUT2D eigenvalue weighted by atomic mass is 10.0. The number of nitrogens with zero attached hydrogens (tertiary/aromatic N) is 1. The molecule has 0 N–H and O–H groups in total. The van der Waals surface area contributed by atoms with Gasteiger partial charge in [-0.25, -0.2) is 9.78 Å². The van der Waals surface area contributed by atoms with Crippen molar-refractivity contribution >= 4 is 22.7 Å². The minimum atomic E-state index is -0.539. The van der Waals surface area contributed by atoms with E-state index in [0.29, 0.717) is 27.7 Å². The van der Waals surface area contributed by atoms with E-state index >= 15 is 0 Å². The summed E-state index contributed by atoms with van der Waals surface area (Å²) in [6.45, 7) is 3.83. The molecule has 0 saturated heterocycles. The van der Waals surface area contributed by atoms with Crippen molar-refractivity contribution in [2.75, 3.05) is 6.61 Å². The van der Waals surface area contributed by atoms with Crippen molar-refractivity contribution < 1.29 is 14.3 Å². The molecule has 4 aromatic carbocycles. The number of aryl methyl sites for hydroxylation is 2. The van der Waals surface area contributed by atoms with Gasteiger partial charge < -0.3 is 4.74 Å². The Balaban J connectivity index is 1.36. The molecule has 0 spiro atoms. The number of benzene rings is 4. The van der Waals surface area contributed by atoms with Crippen LogP contribution in [-0.4, -0.2) is 23.3 Å². The van der Waals surface area contributed by atoms with Crippen LogP contribution in [0.1, 0.15) is 51.6 Å². The summed E-state index contributed by atoms with van der Waals surface area (Å²) in [5.74, 6) is -0.788. The monoisotopic (exact) mass is 513 g/mol. The van der Waals surface area contributed by atoms with Gasteiger partial charge in [-0.2, -0.15) is 0 Å². The van der Waals surface area contributed by atoms with E-state index in [1.165, 1.54) is 5.56 Å². The number of ether oxygens (including phenoxy) is 1. The molecule has 0 radical (unpaired) electrons. The molecule has 4 nitrogen and oxygen atoms in total. The number of ketones is 1. The van der Waals surface area contributed by atoms with Crippen molar-refractivity contribution in [3.05, 3.63) is 125 Å². The summed E-state index contributed by atoms with van der Waals surface area (Å²) in [4.78, 5) is 31.0. The fourth-order valence-electron chi connectivity index (χ4n) is 4.65. The topological polar surface area (TPSA) is 56.3 Å². The fraction of sp³-hybridized carbons (Fsp3) is 0.171. The predicted molar refractivity (Wildman–Crippen MR) is 157 cm³/mol. The minimum Gasteiger partial charge on any atom is -0.454 e. The molecular weight excluding hydrogens is 482 g/mol. The van der Waals surface area contributed by atoms with Gasteiger partial charge in [0.05, 0.1) is 16.8 Å². The van der Waals surface area contributed by atoms with Crippen LogP contribution < -0.4 is 0 Å². The number of carbonyl (C=O) groups is 2. The Morgan fingerprint density at radius 2 is 1.46 bits per heavy atom. The van der Waals surface area contributed by atoms with Crippen molar-refractivity contribution in [3.8, 4) is 22.4 Å². The zero-order valence-corrected chi connectivity index (χ0v) is 22.3. The van der Waals surface area contributed by atoms with E-state index in [9.17, 15) is 9.59 Å². The van der Waals surface area contributed by atoms with Gasteiger partial charge in [-0.05, 0) is 54.7 Å². The van der Waals surface area contributed by atoms with Crippen LogP contribution in [0.3, 0.4) is 0 Å². The van der Waals surface area contributed by atoms with Gasteiger partial charge in [0.15, 0.2) is 12.4 Å². The van der Waals surface area contributed by atoms with Gasteiger partial charge >= 0.3 is 5.97 Å². The molecular formula is C35H31NO3. The lowest BCUT2D eigenvalue weighted by Gasteiger charge is -2.11. The normalized spacial score (nSPS) is 10.9. The van der Waals surface area contributed by atoms with Gasteiger partial charge in [0.1, 0.15) is 0 Å². The molecule has 194 valence electrons. The van der Waals surface area contributed by atoms with Gasteiger partial charge in [0.2, 0.25) is 0 Å². The summed E-state index contributed by atoms with van der Waals surface area (Å²) >= 11 is 0. The van der Waals surface area contributed by atoms with Crippen LogP contribution in [-0.2, 0) is 11.2 Å². The van der Waals surface area contributed by atoms with Gasteiger partial charge in [-0.3, -0.25) is 4.79 Å². The van der Waals surface area contributed by atoms with E-state index in [4.69, 9.17) is 9.72 Å². The minimum absolute atomic E-state index is 0.250. The van der Waals surface area contributed by atoms with E-state index in [1.54, 1.807) is 18.2 Å². The Hall–Kier alpha value is -4.57. The third-order valence-corrected chi connectivity index (χ3v) is 6.90. The van der Waals surface area contributed by atoms with Crippen molar-refractivity contribution in [2.24, 2.45) is 0 Å². The molecule has 0 unspecified atom stereocenters. The summed E-state index contributed by atoms with van der Waals surface area (Å²) in [6.07, 6.45) is 3.35. The maximum absolute atomic E-state index is 13.3. The van der Waals surface area contributed by atoms with Gasteiger partial charge in [-0.1, -0.05) is 104 Å².